The van der Waals surface area contributed by atoms with Crippen molar-refractivity contribution in [2.24, 2.45) is 5.73 Å². The number of hydrogen-bond acceptors (Lipinski definition) is 4. The first-order valence-electron chi connectivity index (χ1n) is 5.81. The maximum Gasteiger partial charge on any atom is 0.0700 e. The van der Waals surface area contributed by atoms with Gasteiger partial charge in [-0.15, -0.1) is 0 Å². The molecule has 1 aliphatic heterocycles. The van der Waals surface area contributed by atoms with E-state index in [0.717, 1.165) is 32.6 Å². The van der Waals surface area contributed by atoms with Crippen molar-refractivity contribution < 1.29 is 0 Å². The highest BCUT2D eigenvalue weighted by molar-refractivity contribution is 7.07. The number of thiophene rings is 1. The molecule has 1 aromatic heterocycles. The SMILES string of the molecule is CN1CCN(C(C)(N)Cc2ccsc2)CC1. The van der Waals surface area contributed by atoms with E-state index in [-0.39, 0.29) is 5.66 Å². The van der Waals surface area contributed by atoms with Crippen LogP contribution in [0.2, 0.25) is 0 Å². The summed E-state index contributed by atoms with van der Waals surface area (Å²) in [5.74, 6) is 0. The van der Waals surface area contributed by atoms with Gasteiger partial charge in [-0.25, -0.2) is 0 Å². The molecule has 0 bridgehead atoms. The molecule has 1 aliphatic rings. The molecule has 3 nitrogen and oxygen atoms in total. The van der Waals surface area contributed by atoms with Crippen LogP contribution in [-0.4, -0.2) is 48.7 Å². The van der Waals surface area contributed by atoms with E-state index < -0.39 is 0 Å². The van der Waals surface area contributed by atoms with E-state index >= 15 is 0 Å². The molecule has 1 fully saturated rings. The van der Waals surface area contributed by atoms with E-state index in [2.05, 4.69) is 40.6 Å². The molecular formula is C12H21N3S. The summed E-state index contributed by atoms with van der Waals surface area (Å²) in [6.45, 7) is 6.55. The van der Waals surface area contributed by atoms with Gasteiger partial charge in [0.1, 0.15) is 0 Å². The molecule has 1 aromatic rings. The Balaban J connectivity index is 1.96. The van der Waals surface area contributed by atoms with Crippen molar-refractivity contribution in [1.29, 1.82) is 0 Å². The quantitative estimate of drug-likeness (QED) is 0.860. The van der Waals surface area contributed by atoms with Gasteiger partial charge in [0, 0.05) is 32.6 Å². The van der Waals surface area contributed by atoms with Gasteiger partial charge in [0.25, 0.3) is 0 Å². The van der Waals surface area contributed by atoms with Crippen molar-refractivity contribution in [2.45, 2.75) is 19.0 Å². The molecule has 2 rings (SSSR count). The second-order valence-corrected chi connectivity index (χ2v) is 5.74. The summed E-state index contributed by atoms with van der Waals surface area (Å²) >= 11 is 1.75. The van der Waals surface area contributed by atoms with E-state index in [1.165, 1.54) is 5.56 Å². The predicted octanol–water partition coefficient (Wildman–Crippen LogP) is 1.21. The zero-order valence-corrected chi connectivity index (χ0v) is 11.0. The molecule has 90 valence electrons. The Hall–Kier alpha value is -0.420. The molecule has 1 saturated heterocycles. The fraction of sp³-hybridized carbons (Fsp3) is 0.667. The first-order valence-corrected chi connectivity index (χ1v) is 6.76. The van der Waals surface area contributed by atoms with Crippen molar-refractivity contribution in [2.75, 3.05) is 33.2 Å². The third-order valence-corrected chi connectivity index (χ3v) is 4.10. The maximum absolute atomic E-state index is 6.44. The lowest BCUT2D eigenvalue weighted by Crippen LogP contribution is -2.60. The van der Waals surface area contributed by atoms with E-state index in [4.69, 9.17) is 5.73 Å². The van der Waals surface area contributed by atoms with Crippen LogP contribution in [0.15, 0.2) is 16.8 Å². The highest BCUT2D eigenvalue weighted by Gasteiger charge is 2.29. The minimum Gasteiger partial charge on any atom is -0.313 e. The van der Waals surface area contributed by atoms with Crippen LogP contribution in [0.4, 0.5) is 0 Å². The fourth-order valence-corrected chi connectivity index (χ4v) is 2.90. The topological polar surface area (TPSA) is 32.5 Å². The van der Waals surface area contributed by atoms with Gasteiger partial charge in [-0.05, 0) is 36.4 Å². The molecule has 0 aliphatic carbocycles. The van der Waals surface area contributed by atoms with Gasteiger partial charge in [0.15, 0.2) is 0 Å². The first kappa shape index (κ1) is 12.0. The molecule has 0 spiro atoms. The van der Waals surface area contributed by atoms with Gasteiger partial charge in [-0.2, -0.15) is 11.3 Å². The van der Waals surface area contributed by atoms with Crippen LogP contribution in [0.5, 0.6) is 0 Å². The second-order valence-electron chi connectivity index (χ2n) is 4.96. The van der Waals surface area contributed by atoms with Crippen LogP contribution < -0.4 is 5.73 Å². The van der Waals surface area contributed by atoms with E-state index in [1.807, 2.05) is 0 Å². The average molecular weight is 239 g/mol. The van der Waals surface area contributed by atoms with Crippen LogP contribution in [0, 0.1) is 0 Å². The fourth-order valence-electron chi connectivity index (χ4n) is 2.24. The molecule has 2 N–H and O–H groups in total. The van der Waals surface area contributed by atoms with Crippen molar-refractivity contribution >= 4 is 11.3 Å². The summed E-state index contributed by atoms with van der Waals surface area (Å²) in [4.78, 5) is 4.77. The Kier molecular flexibility index (Phi) is 3.64. The molecule has 16 heavy (non-hydrogen) atoms. The Morgan fingerprint density at radius 1 is 1.38 bits per heavy atom. The molecule has 0 radical (unpaired) electrons. The minimum absolute atomic E-state index is 0.206. The summed E-state index contributed by atoms with van der Waals surface area (Å²) in [6, 6.07) is 2.17. The number of rotatable bonds is 3. The minimum atomic E-state index is -0.206. The Morgan fingerprint density at radius 3 is 2.62 bits per heavy atom. The number of hydrogen-bond donors (Lipinski definition) is 1. The number of piperazine rings is 1. The van der Waals surface area contributed by atoms with E-state index in [1.54, 1.807) is 11.3 Å². The molecular weight excluding hydrogens is 218 g/mol. The third-order valence-electron chi connectivity index (χ3n) is 3.37. The average Bonchev–Trinajstić information content (AvgIpc) is 2.70. The molecule has 2 heterocycles. The molecule has 4 heteroatoms. The Bertz CT molecular complexity index is 313. The van der Waals surface area contributed by atoms with Crippen LogP contribution in [0.1, 0.15) is 12.5 Å². The summed E-state index contributed by atoms with van der Waals surface area (Å²) < 4.78 is 0. The van der Waals surface area contributed by atoms with Gasteiger partial charge >= 0.3 is 0 Å². The molecule has 1 atom stereocenters. The van der Waals surface area contributed by atoms with Gasteiger partial charge < -0.3 is 10.6 Å². The Morgan fingerprint density at radius 2 is 2.06 bits per heavy atom. The van der Waals surface area contributed by atoms with Gasteiger partial charge in [0.05, 0.1) is 5.66 Å². The lowest BCUT2D eigenvalue weighted by Gasteiger charge is -2.43. The highest BCUT2D eigenvalue weighted by Crippen LogP contribution is 2.18. The molecule has 1 unspecified atom stereocenters. The summed E-state index contributed by atoms with van der Waals surface area (Å²) in [5.41, 5.74) is 7.59. The molecule has 0 saturated carbocycles. The van der Waals surface area contributed by atoms with Crippen molar-refractivity contribution in [3.05, 3.63) is 22.4 Å². The zero-order valence-electron chi connectivity index (χ0n) is 10.1. The van der Waals surface area contributed by atoms with Crippen LogP contribution in [0.25, 0.3) is 0 Å². The molecule has 0 aromatic carbocycles. The normalized spacial score (nSPS) is 23.2. The van der Waals surface area contributed by atoms with Crippen molar-refractivity contribution in [1.82, 2.24) is 9.80 Å². The van der Waals surface area contributed by atoms with Crippen LogP contribution >= 0.6 is 11.3 Å². The van der Waals surface area contributed by atoms with Gasteiger partial charge in [-0.1, -0.05) is 0 Å². The lowest BCUT2D eigenvalue weighted by atomic mass is 10.0. The third kappa shape index (κ3) is 2.83. The van der Waals surface area contributed by atoms with E-state index in [9.17, 15) is 0 Å². The first-order chi connectivity index (χ1) is 7.58. The maximum atomic E-state index is 6.44. The van der Waals surface area contributed by atoms with Crippen LogP contribution in [-0.2, 0) is 6.42 Å². The smallest absolute Gasteiger partial charge is 0.0700 e. The van der Waals surface area contributed by atoms with E-state index in [0.29, 0.717) is 0 Å². The number of likely N-dealkylation sites (N-methyl/N-ethyl adjacent to an activating group) is 1. The monoisotopic (exact) mass is 239 g/mol. The summed E-state index contributed by atoms with van der Waals surface area (Å²) in [6.07, 6.45) is 0.945. The zero-order chi connectivity index (χ0) is 11.6. The lowest BCUT2D eigenvalue weighted by molar-refractivity contribution is 0.0547. The Labute approximate surface area is 102 Å². The standard InChI is InChI=1S/C12H21N3S/c1-12(13,9-11-3-8-16-10-11)15-6-4-14(2)5-7-15/h3,8,10H,4-7,9,13H2,1-2H3. The van der Waals surface area contributed by atoms with Gasteiger partial charge in [-0.3, -0.25) is 4.90 Å². The second kappa shape index (κ2) is 4.84. The summed E-state index contributed by atoms with van der Waals surface area (Å²) in [7, 11) is 2.17. The van der Waals surface area contributed by atoms with Crippen molar-refractivity contribution in [3.8, 4) is 0 Å². The number of nitrogens with zero attached hydrogens (tertiary/aromatic N) is 2. The highest BCUT2D eigenvalue weighted by atomic mass is 32.1. The largest absolute Gasteiger partial charge is 0.313 e. The van der Waals surface area contributed by atoms with Crippen LogP contribution in [0.3, 0.4) is 0 Å². The number of nitrogens with two attached hydrogens (primary N) is 1. The van der Waals surface area contributed by atoms with Gasteiger partial charge in [0.2, 0.25) is 0 Å². The van der Waals surface area contributed by atoms with Crippen molar-refractivity contribution in [3.63, 3.8) is 0 Å². The molecule has 0 amide bonds. The predicted molar refractivity (Wildman–Crippen MR) is 69.7 cm³/mol. The summed E-state index contributed by atoms with van der Waals surface area (Å²) in [5, 5.41) is 4.32.